The lowest BCUT2D eigenvalue weighted by Gasteiger charge is -2.12. The maximum Gasteiger partial charge on any atom is 0.366 e. The third-order valence-electron chi connectivity index (χ3n) is 5.86. The van der Waals surface area contributed by atoms with E-state index in [2.05, 4.69) is 23.4 Å². The van der Waals surface area contributed by atoms with Crippen molar-refractivity contribution in [2.75, 3.05) is 6.61 Å². The molecule has 3 rings (SSSR count). The maximum atomic E-state index is 14.0. The molecule has 28 heavy (non-hydrogen) atoms. The van der Waals surface area contributed by atoms with Crippen molar-refractivity contribution in [3.63, 3.8) is 0 Å². The first-order valence-electron chi connectivity index (χ1n) is 9.75. The second kappa shape index (κ2) is 7.90. The fourth-order valence-electron chi connectivity index (χ4n) is 4.22. The number of halogens is 1. The van der Waals surface area contributed by atoms with Crippen LogP contribution in [0.2, 0.25) is 0 Å². The Kier molecular flexibility index (Phi) is 5.73. The molecule has 0 bridgehead atoms. The molecule has 5 heteroatoms. The van der Waals surface area contributed by atoms with Crippen molar-refractivity contribution >= 4 is 11.9 Å². The SMILES string of the molecule is C=CCc1cccc2c1CC(OC(=O)[C@H]1[C@@H](C=C(F)C(=O)OCC)C1(C)C)C2. The topological polar surface area (TPSA) is 52.6 Å². The summed E-state index contributed by atoms with van der Waals surface area (Å²) in [5.41, 5.74) is 3.22. The number of ether oxygens (including phenoxy) is 2. The molecular formula is C23H27FO4. The van der Waals surface area contributed by atoms with Gasteiger partial charge in [0.15, 0.2) is 0 Å². The predicted molar refractivity (Wildman–Crippen MR) is 104 cm³/mol. The van der Waals surface area contributed by atoms with E-state index in [4.69, 9.17) is 4.74 Å². The molecule has 0 aliphatic heterocycles. The Labute approximate surface area is 165 Å². The summed E-state index contributed by atoms with van der Waals surface area (Å²) >= 11 is 0. The number of hydrogen-bond acceptors (Lipinski definition) is 4. The van der Waals surface area contributed by atoms with Gasteiger partial charge in [-0.1, -0.05) is 38.1 Å². The van der Waals surface area contributed by atoms with Crippen LogP contribution < -0.4 is 0 Å². The van der Waals surface area contributed by atoms with Crippen LogP contribution in [0.1, 0.15) is 37.5 Å². The Morgan fingerprint density at radius 2 is 2.07 bits per heavy atom. The molecule has 0 radical (unpaired) electrons. The monoisotopic (exact) mass is 386 g/mol. The van der Waals surface area contributed by atoms with E-state index in [1.807, 2.05) is 26.0 Å². The van der Waals surface area contributed by atoms with Crippen molar-refractivity contribution in [1.29, 1.82) is 0 Å². The van der Waals surface area contributed by atoms with Gasteiger partial charge in [0.2, 0.25) is 5.83 Å². The van der Waals surface area contributed by atoms with Gasteiger partial charge in [-0.3, -0.25) is 4.79 Å². The highest BCUT2D eigenvalue weighted by molar-refractivity contribution is 5.87. The van der Waals surface area contributed by atoms with Crippen LogP contribution in [0.3, 0.4) is 0 Å². The van der Waals surface area contributed by atoms with Crippen LogP contribution in [-0.4, -0.2) is 24.6 Å². The minimum atomic E-state index is -0.988. The van der Waals surface area contributed by atoms with Gasteiger partial charge in [-0.15, -0.1) is 6.58 Å². The maximum absolute atomic E-state index is 14.0. The number of esters is 2. The summed E-state index contributed by atoms with van der Waals surface area (Å²) in [5.74, 6) is -3.09. The van der Waals surface area contributed by atoms with Gasteiger partial charge in [-0.25, -0.2) is 4.79 Å². The third-order valence-corrected chi connectivity index (χ3v) is 5.86. The molecule has 2 aliphatic carbocycles. The van der Waals surface area contributed by atoms with Gasteiger partial charge >= 0.3 is 11.9 Å². The van der Waals surface area contributed by atoms with Crippen LogP contribution in [0.4, 0.5) is 4.39 Å². The minimum Gasteiger partial charge on any atom is -0.461 e. The van der Waals surface area contributed by atoms with E-state index in [-0.39, 0.29) is 24.6 Å². The Balaban J connectivity index is 1.64. The van der Waals surface area contributed by atoms with Gasteiger partial charge in [-0.05, 0) is 47.4 Å². The molecule has 0 N–H and O–H groups in total. The molecule has 1 fully saturated rings. The zero-order valence-electron chi connectivity index (χ0n) is 16.7. The molecule has 3 atom stereocenters. The molecule has 150 valence electrons. The first-order chi connectivity index (χ1) is 13.3. The van der Waals surface area contributed by atoms with Crippen LogP contribution in [0, 0.1) is 17.3 Å². The molecule has 2 aliphatic rings. The number of hydrogen-bond donors (Lipinski definition) is 0. The number of benzene rings is 1. The smallest absolute Gasteiger partial charge is 0.366 e. The molecule has 1 unspecified atom stereocenters. The number of allylic oxidation sites excluding steroid dienone is 2. The summed E-state index contributed by atoms with van der Waals surface area (Å²) < 4.78 is 24.4. The molecule has 0 aromatic heterocycles. The van der Waals surface area contributed by atoms with Crippen molar-refractivity contribution in [3.05, 3.63) is 59.4 Å². The Bertz CT molecular complexity index is 824. The molecule has 1 saturated carbocycles. The molecule has 0 spiro atoms. The summed E-state index contributed by atoms with van der Waals surface area (Å²) in [6, 6.07) is 6.16. The van der Waals surface area contributed by atoms with E-state index in [1.54, 1.807) is 6.92 Å². The molecule has 0 saturated heterocycles. The highest BCUT2D eigenvalue weighted by Gasteiger charge is 2.62. The molecule has 0 amide bonds. The second-order valence-electron chi connectivity index (χ2n) is 8.07. The lowest BCUT2D eigenvalue weighted by atomic mass is 10.0. The van der Waals surface area contributed by atoms with Crippen LogP contribution in [0.5, 0.6) is 0 Å². The zero-order chi connectivity index (χ0) is 20.5. The Morgan fingerprint density at radius 3 is 2.75 bits per heavy atom. The molecule has 1 aromatic rings. The number of carbonyl (C=O) groups excluding carboxylic acids is 2. The molecular weight excluding hydrogens is 359 g/mol. The van der Waals surface area contributed by atoms with E-state index in [0.29, 0.717) is 12.8 Å². The van der Waals surface area contributed by atoms with Gasteiger partial charge in [0.1, 0.15) is 6.10 Å². The van der Waals surface area contributed by atoms with Crippen molar-refractivity contribution in [1.82, 2.24) is 0 Å². The van der Waals surface area contributed by atoms with Crippen LogP contribution in [-0.2, 0) is 38.3 Å². The summed E-state index contributed by atoms with van der Waals surface area (Å²) in [7, 11) is 0. The second-order valence-corrected chi connectivity index (χ2v) is 8.07. The normalized spacial score (nSPS) is 25.0. The van der Waals surface area contributed by atoms with E-state index >= 15 is 0 Å². The molecule has 0 heterocycles. The molecule has 1 aromatic carbocycles. The van der Waals surface area contributed by atoms with E-state index in [9.17, 15) is 14.0 Å². The standard InChI is InChI=1S/C23H27FO4/c1-5-8-14-9-7-10-15-11-16(12-17(14)15)28-22(26)20-18(23(20,3)4)13-19(24)21(25)27-6-2/h5,7,9-10,13,16,18,20H,1,6,8,11-12H2,2-4H3/t16?,18-,20-/m1/s1. The Hall–Kier alpha value is -2.43. The van der Waals surface area contributed by atoms with Crippen molar-refractivity contribution in [2.45, 2.75) is 46.1 Å². The number of rotatable bonds is 7. The average molecular weight is 386 g/mol. The quantitative estimate of drug-likeness (QED) is 0.402. The largest absolute Gasteiger partial charge is 0.461 e. The van der Waals surface area contributed by atoms with E-state index in [1.165, 1.54) is 22.8 Å². The van der Waals surface area contributed by atoms with E-state index < -0.39 is 23.1 Å². The van der Waals surface area contributed by atoms with Gasteiger partial charge in [0.25, 0.3) is 0 Å². The zero-order valence-corrected chi connectivity index (χ0v) is 16.7. The fourth-order valence-corrected chi connectivity index (χ4v) is 4.22. The summed E-state index contributed by atoms with van der Waals surface area (Å²) in [4.78, 5) is 24.2. The number of carbonyl (C=O) groups is 2. The van der Waals surface area contributed by atoms with Gasteiger partial charge in [0.05, 0.1) is 12.5 Å². The highest BCUT2D eigenvalue weighted by Crippen LogP contribution is 2.60. The van der Waals surface area contributed by atoms with Gasteiger partial charge in [-0.2, -0.15) is 4.39 Å². The Morgan fingerprint density at radius 1 is 1.32 bits per heavy atom. The number of fused-ring (bicyclic) bond motifs is 1. The lowest BCUT2D eigenvalue weighted by Crippen LogP contribution is -2.21. The van der Waals surface area contributed by atoms with E-state index in [0.717, 1.165) is 6.42 Å². The predicted octanol–water partition coefficient (Wildman–Crippen LogP) is 4.11. The van der Waals surface area contributed by atoms with Crippen molar-refractivity contribution < 1.29 is 23.5 Å². The van der Waals surface area contributed by atoms with Crippen LogP contribution >= 0.6 is 0 Å². The fraction of sp³-hybridized carbons (Fsp3) is 0.478. The van der Waals surface area contributed by atoms with Gasteiger partial charge in [0, 0.05) is 12.8 Å². The van der Waals surface area contributed by atoms with Crippen LogP contribution in [0.15, 0.2) is 42.8 Å². The first-order valence-corrected chi connectivity index (χ1v) is 9.75. The van der Waals surface area contributed by atoms with Crippen molar-refractivity contribution in [2.24, 2.45) is 17.3 Å². The summed E-state index contributed by atoms with van der Waals surface area (Å²) in [6.45, 7) is 9.28. The lowest BCUT2D eigenvalue weighted by molar-refractivity contribution is -0.151. The van der Waals surface area contributed by atoms with Crippen LogP contribution in [0.25, 0.3) is 0 Å². The van der Waals surface area contributed by atoms with Crippen molar-refractivity contribution in [3.8, 4) is 0 Å². The minimum absolute atomic E-state index is 0.107. The molecule has 4 nitrogen and oxygen atoms in total. The third kappa shape index (κ3) is 3.89. The summed E-state index contributed by atoms with van der Waals surface area (Å²) in [6.07, 6.45) is 5.04. The first kappa shape index (κ1) is 20.3. The van der Waals surface area contributed by atoms with Gasteiger partial charge < -0.3 is 9.47 Å². The highest BCUT2D eigenvalue weighted by atomic mass is 19.1. The summed E-state index contributed by atoms with van der Waals surface area (Å²) in [5, 5.41) is 0. The average Bonchev–Trinajstić information content (AvgIpc) is 2.97.